The van der Waals surface area contributed by atoms with Crippen molar-refractivity contribution in [3.05, 3.63) is 81.3 Å². The third kappa shape index (κ3) is 11.3. The molecule has 0 spiro atoms. The molecule has 6 N–H and O–H groups in total. The van der Waals surface area contributed by atoms with Crippen LogP contribution in [0.3, 0.4) is 0 Å². The number of thiazole rings is 1. The van der Waals surface area contributed by atoms with Crippen molar-refractivity contribution in [1.82, 2.24) is 45.3 Å². The number of piperazine rings is 1. The van der Waals surface area contributed by atoms with Crippen molar-refractivity contribution in [3.8, 4) is 33.6 Å². The summed E-state index contributed by atoms with van der Waals surface area (Å²) in [5, 5.41) is 31.8. The highest BCUT2D eigenvalue weighted by Crippen LogP contribution is 2.46. The molecule has 0 radical (unpaired) electrons. The minimum Gasteiger partial charge on any atom is -0.462 e. The zero-order chi connectivity index (χ0) is 56.9. The lowest BCUT2D eigenvalue weighted by Gasteiger charge is -2.46. The molecule has 3 aromatic heterocycles. The SMILES string of the molecule is Cc1ncsc1-c1ccc([C@H](C)NC(=O)[C@@H]2C[C@@H](O)CN2C(=O)[C@@H](NC(=O)CCOCCCN2C[C@@H](C)[C@H]2COc2nc(N3CC4CCC(C3)N4)c3cc(Cl)c(-c4c(C)n(C)c5ccc(N)c(C#N)c45)c(F)c3n2)C(C)(C)C)cc1. The summed E-state index contributed by atoms with van der Waals surface area (Å²) in [6.07, 6.45) is 1.99. The number of nitrogens with two attached hydrogens (primary N) is 1. The third-order valence-corrected chi connectivity index (χ3v) is 18.0. The smallest absolute Gasteiger partial charge is 0.319 e. The topological polar surface area (TPSA) is 229 Å². The number of fused-ring (bicyclic) bond motifs is 4. The van der Waals surface area contributed by atoms with Crippen molar-refractivity contribution in [1.29, 1.82) is 5.26 Å². The molecule has 4 fully saturated rings. The first-order chi connectivity index (χ1) is 38.2. The molecular formula is C59H72ClFN12O6S. The van der Waals surface area contributed by atoms with E-state index in [1.165, 1.54) is 4.90 Å². The fraction of sp³-hybridized carbons (Fsp3) is 0.508. The molecule has 18 nitrogen and oxygen atoms in total. The van der Waals surface area contributed by atoms with Gasteiger partial charge in [-0.2, -0.15) is 15.2 Å². The van der Waals surface area contributed by atoms with Crippen LogP contribution in [0.1, 0.15) is 95.3 Å². The van der Waals surface area contributed by atoms with Crippen LogP contribution in [0.5, 0.6) is 6.01 Å². The maximum Gasteiger partial charge on any atom is 0.319 e. The molecule has 2 unspecified atom stereocenters. The summed E-state index contributed by atoms with van der Waals surface area (Å²) in [5.74, 6) is -0.929. The van der Waals surface area contributed by atoms with E-state index in [-0.39, 0.29) is 102 Å². The van der Waals surface area contributed by atoms with Crippen LogP contribution in [-0.2, 0) is 26.2 Å². The van der Waals surface area contributed by atoms with Gasteiger partial charge in [0.2, 0.25) is 17.7 Å². The summed E-state index contributed by atoms with van der Waals surface area (Å²) in [6, 6.07) is 13.8. The molecule has 3 amide bonds. The monoisotopic (exact) mass is 1130 g/mol. The number of nitrogen functional groups attached to an aromatic ring is 1. The summed E-state index contributed by atoms with van der Waals surface area (Å²) >= 11 is 8.67. The molecular weight excluding hydrogens is 1060 g/mol. The predicted octanol–water partition coefficient (Wildman–Crippen LogP) is 7.58. The minimum atomic E-state index is -0.958. The van der Waals surface area contributed by atoms with Gasteiger partial charge in [0, 0.05) is 105 Å². The molecule has 4 aliphatic heterocycles. The fourth-order valence-corrected chi connectivity index (χ4v) is 13.3. The number of nitrogens with zero attached hydrogens (tertiary/aromatic N) is 8. The lowest BCUT2D eigenvalue weighted by atomic mass is 9.85. The Morgan fingerprint density at radius 3 is 2.45 bits per heavy atom. The van der Waals surface area contributed by atoms with Crippen LogP contribution in [0.4, 0.5) is 15.9 Å². The van der Waals surface area contributed by atoms with Gasteiger partial charge in [-0.05, 0) is 80.7 Å². The van der Waals surface area contributed by atoms with Crippen LogP contribution in [0.2, 0.25) is 5.02 Å². The average molecular weight is 1130 g/mol. The molecule has 3 aromatic carbocycles. The molecule has 2 bridgehead atoms. The van der Waals surface area contributed by atoms with Gasteiger partial charge in [0.1, 0.15) is 36.1 Å². The first-order valence-corrected chi connectivity index (χ1v) is 29.0. The van der Waals surface area contributed by atoms with Gasteiger partial charge in [-0.15, -0.1) is 11.3 Å². The zero-order valence-electron chi connectivity index (χ0n) is 46.7. The maximum atomic E-state index is 17.5. The number of aryl methyl sites for hydroxylation is 2. The number of ether oxygens (including phenoxy) is 2. The molecule has 6 aromatic rings. The Labute approximate surface area is 475 Å². The number of amides is 3. The number of likely N-dealkylation sites (tertiary alicyclic amines) is 2. The van der Waals surface area contributed by atoms with Crippen molar-refractivity contribution in [2.75, 3.05) is 63.2 Å². The number of hydrogen-bond donors (Lipinski definition) is 5. The Bertz CT molecular complexity index is 3370. The number of β-amino-alcohol motifs (C(OH)–C–C–N with tert-alkyl or cyclic N) is 1. The Morgan fingerprint density at radius 2 is 1.77 bits per heavy atom. The number of carbonyl (C=O) groups excluding carboxylic acids is 3. The minimum absolute atomic E-state index is 0.0231. The molecule has 0 aliphatic carbocycles. The highest BCUT2D eigenvalue weighted by molar-refractivity contribution is 7.13. The van der Waals surface area contributed by atoms with Gasteiger partial charge in [-0.25, -0.2) is 9.37 Å². The van der Waals surface area contributed by atoms with E-state index in [9.17, 15) is 24.8 Å². The zero-order valence-corrected chi connectivity index (χ0v) is 48.3. The highest BCUT2D eigenvalue weighted by Gasteiger charge is 2.45. The van der Waals surface area contributed by atoms with E-state index in [4.69, 9.17) is 36.8 Å². The van der Waals surface area contributed by atoms with Crippen molar-refractivity contribution < 1.29 is 33.4 Å². The van der Waals surface area contributed by atoms with Crippen molar-refractivity contribution in [2.45, 2.75) is 123 Å². The van der Waals surface area contributed by atoms with Crippen LogP contribution in [-0.4, -0.2) is 141 Å². The molecule has 7 heterocycles. The van der Waals surface area contributed by atoms with Crippen LogP contribution < -0.4 is 31.3 Å². The summed E-state index contributed by atoms with van der Waals surface area (Å²) in [7, 11) is 1.86. The first-order valence-electron chi connectivity index (χ1n) is 27.7. The predicted molar refractivity (Wildman–Crippen MR) is 309 cm³/mol. The molecule has 4 saturated heterocycles. The molecule has 21 heteroatoms. The molecule has 10 rings (SSSR count). The van der Waals surface area contributed by atoms with E-state index >= 15 is 4.39 Å². The number of aliphatic hydroxyl groups is 1. The molecule has 4 aliphatic rings. The second-order valence-corrected chi connectivity index (χ2v) is 24.6. The Balaban J connectivity index is 0.743. The van der Waals surface area contributed by atoms with E-state index in [0.29, 0.717) is 66.4 Å². The van der Waals surface area contributed by atoms with Gasteiger partial charge in [-0.1, -0.05) is 63.6 Å². The normalized spacial score (nSPS) is 21.9. The number of rotatable bonds is 18. The van der Waals surface area contributed by atoms with E-state index in [1.54, 1.807) is 23.5 Å². The van der Waals surface area contributed by atoms with E-state index in [2.05, 4.69) is 43.7 Å². The second-order valence-electron chi connectivity index (χ2n) is 23.3. The third-order valence-electron chi connectivity index (χ3n) is 16.7. The summed E-state index contributed by atoms with van der Waals surface area (Å²) in [4.78, 5) is 62.5. The van der Waals surface area contributed by atoms with Crippen molar-refractivity contribution >= 4 is 74.0 Å². The second kappa shape index (κ2) is 23.2. The van der Waals surface area contributed by atoms with Crippen molar-refractivity contribution in [3.63, 3.8) is 0 Å². The van der Waals surface area contributed by atoms with Crippen LogP contribution in [0.15, 0.2) is 48.0 Å². The average Bonchev–Trinajstić information content (AvgIpc) is 4.35. The number of nitriles is 1. The van der Waals surface area contributed by atoms with Gasteiger partial charge in [0.05, 0.1) is 56.6 Å². The summed E-state index contributed by atoms with van der Waals surface area (Å²) in [5.41, 5.74) is 13.0. The number of nitrogens with one attached hydrogen (secondary N) is 3. The lowest BCUT2D eigenvalue weighted by molar-refractivity contribution is -0.144. The number of carbonyl (C=O) groups is 3. The first kappa shape index (κ1) is 56.8. The van der Waals surface area contributed by atoms with Gasteiger partial charge in [-0.3, -0.25) is 19.3 Å². The number of aliphatic hydroxyl groups excluding tert-OH is 1. The molecule has 80 heavy (non-hydrogen) atoms. The Hall–Kier alpha value is -6.47. The Morgan fingerprint density at radius 1 is 1.04 bits per heavy atom. The quantitative estimate of drug-likeness (QED) is 0.0413. The highest BCUT2D eigenvalue weighted by atomic mass is 35.5. The van der Waals surface area contributed by atoms with E-state index in [0.717, 1.165) is 46.6 Å². The largest absolute Gasteiger partial charge is 0.462 e. The maximum absolute atomic E-state index is 17.5. The van der Waals surface area contributed by atoms with Crippen molar-refractivity contribution in [2.24, 2.45) is 18.4 Å². The number of anilines is 2. The molecule has 8 atom stereocenters. The van der Waals surface area contributed by atoms with E-state index in [1.807, 2.05) is 89.0 Å². The van der Waals surface area contributed by atoms with E-state index < -0.39 is 35.3 Å². The number of aromatic nitrogens is 4. The van der Waals surface area contributed by atoms with Gasteiger partial charge in [0.25, 0.3) is 0 Å². The number of hydrogen-bond acceptors (Lipinski definition) is 15. The Kier molecular flexibility index (Phi) is 16.5. The van der Waals surface area contributed by atoms with Gasteiger partial charge in [0.15, 0.2) is 5.82 Å². The van der Waals surface area contributed by atoms with Crippen LogP contribution in [0, 0.1) is 42.3 Å². The van der Waals surface area contributed by atoms with Gasteiger partial charge < -0.3 is 50.6 Å². The van der Waals surface area contributed by atoms with Gasteiger partial charge >= 0.3 is 6.01 Å². The standard InChI is InChI=1S/C59H72ClFN12O6S/c1-31-25-71(19-9-20-78-21-18-47(75)67-54(59(5,6)7)57(77)73-28-39(74)22-45(73)56(76)65-32(2)35-10-12-36(13-11-35)53-33(3)64-30-80-53)46(31)29-79-58-68-52-40(55(69-58)72-26-37-14-15-38(27-72)66-37)23-42(60)50(51(52)61)48-34(4)70(8)44-17-16-43(63)41(24-62)49(44)48/h10-13,16-17,23,30-32,37-39,45-46,54,66,74H,9,14-15,18-22,25-29,63H2,1-8H3,(H,65,76)(H,67,75)/t31-,32+,37?,38?,39-,45+,46-,54-/m1/s1. The molecule has 0 saturated carbocycles. The number of benzene rings is 3. The fourth-order valence-electron chi connectivity index (χ4n) is 12.2. The lowest BCUT2D eigenvalue weighted by Crippen LogP contribution is -2.58. The summed E-state index contributed by atoms with van der Waals surface area (Å²) in [6.45, 7) is 17.2. The van der Waals surface area contributed by atoms with Crippen LogP contribution >= 0.6 is 22.9 Å². The summed E-state index contributed by atoms with van der Waals surface area (Å²) < 4.78 is 31.8. The molecule has 424 valence electrons. The number of halogens is 2. The van der Waals surface area contributed by atoms with Crippen LogP contribution in [0.25, 0.3) is 43.4 Å².